The number of carbonyl (C=O) groups excluding carboxylic acids is 1. The van der Waals surface area contributed by atoms with Crippen LogP contribution < -0.4 is 0 Å². The van der Waals surface area contributed by atoms with Gasteiger partial charge in [0, 0.05) is 13.2 Å². The Morgan fingerprint density at radius 2 is 2.07 bits per heavy atom. The molecule has 0 aliphatic carbocycles. The summed E-state index contributed by atoms with van der Waals surface area (Å²) < 4.78 is 5.27. The number of nitrogens with zero attached hydrogens (tertiary/aromatic N) is 1. The van der Waals surface area contributed by atoms with Crippen molar-refractivity contribution in [3.8, 4) is 0 Å². The van der Waals surface area contributed by atoms with E-state index in [0.29, 0.717) is 19.6 Å². The van der Waals surface area contributed by atoms with Crippen molar-refractivity contribution in [1.29, 1.82) is 0 Å². The monoisotopic (exact) mass is 213 g/mol. The van der Waals surface area contributed by atoms with Crippen LogP contribution >= 0.6 is 0 Å². The maximum Gasteiger partial charge on any atom is 0.326 e. The van der Waals surface area contributed by atoms with Gasteiger partial charge in [-0.1, -0.05) is 0 Å². The van der Waals surface area contributed by atoms with E-state index in [1.54, 1.807) is 0 Å². The van der Waals surface area contributed by atoms with Crippen molar-refractivity contribution >= 4 is 11.9 Å². The molecule has 0 aromatic heterocycles. The lowest BCUT2D eigenvalue weighted by Crippen LogP contribution is -2.45. The van der Waals surface area contributed by atoms with Crippen LogP contribution in [0.1, 0.15) is 25.7 Å². The molecule has 0 radical (unpaired) electrons. The fourth-order valence-corrected chi connectivity index (χ4v) is 2.24. The second kappa shape index (κ2) is 4.18. The van der Waals surface area contributed by atoms with Crippen molar-refractivity contribution in [2.45, 2.75) is 37.8 Å². The summed E-state index contributed by atoms with van der Waals surface area (Å²) in [5, 5.41) is 8.94. The summed E-state index contributed by atoms with van der Waals surface area (Å²) in [6.07, 6.45) is 2.55. The van der Waals surface area contributed by atoms with E-state index in [9.17, 15) is 9.59 Å². The summed E-state index contributed by atoms with van der Waals surface area (Å²) in [4.78, 5) is 24.3. The summed E-state index contributed by atoms with van der Waals surface area (Å²) in [5.74, 6) is -1.05. The minimum Gasteiger partial charge on any atom is -0.480 e. The van der Waals surface area contributed by atoms with Gasteiger partial charge in [0.25, 0.3) is 5.91 Å². The third-order valence-corrected chi connectivity index (χ3v) is 3.03. The van der Waals surface area contributed by atoms with Crippen molar-refractivity contribution in [2.75, 3.05) is 13.2 Å². The Kier molecular flexibility index (Phi) is 2.90. The van der Waals surface area contributed by atoms with E-state index in [2.05, 4.69) is 0 Å². The Morgan fingerprint density at radius 3 is 2.67 bits per heavy atom. The van der Waals surface area contributed by atoms with E-state index in [4.69, 9.17) is 9.84 Å². The van der Waals surface area contributed by atoms with E-state index in [1.807, 2.05) is 0 Å². The molecule has 0 spiro atoms. The quantitative estimate of drug-likeness (QED) is 0.713. The Hall–Kier alpha value is -1.10. The zero-order valence-electron chi connectivity index (χ0n) is 8.52. The van der Waals surface area contributed by atoms with Crippen LogP contribution in [-0.2, 0) is 14.3 Å². The molecule has 0 bridgehead atoms. The number of rotatable bonds is 2. The molecule has 1 amide bonds. The van der Waals surface area contributed by atoms with Gasteiger partial charge in [-0.25, -0.2) is 4.79 Å². The minimum absolute atomic E-state index is 0.141. The molecule has 1 N–H and O–H groups in total. The van der Waals surface area contributed by atoms with Gasteiger partial charge in [-0.2, -0.15) is 0 Å². The minimum atomic E-state index is -0.904. The predicted octanol–water partition coefficient (Wildman–Crippen LogP) is 0.241. The highest BCUT2D eigenvalue weighted by Gasteiger charge is 2.38. The van der Waals surface area contributed by atoms with Crippen LogP contribution in [0.15, 0.2) is 0 Å². The van der Waals surface area contributed by atoms with Crippen LogP contribution in [-0.4, -0.2) is 47.2 Å². The van der Waals surface area contributed by atoms with Gasteiger partial charge in [0.2, 0.25) is 0 Å². The molecule has 2 fully saturated rings. The average molecular weight is 213 g/mol. The average Bonchev–Trinajstić information content (AvgIpc) is 2.88. The molecule has 2 rings (SSSR count). The highest BCUT2D eigenvalue weighted by atomic mass is 16.5. The van der Waals surface area contributed by atoms with Crippen molar-refractivity contribution in [1.82, 2.24) is 4.90 Å². The maximum absolute atomic E-state index is 11.9. The number of aliphatic carboxylic acids is 1. The summed E-state index contributed by atoms with van der Waals surface area (Å²) in [6.45, 7) is 1.16. The third-order valence-electron chi connectivity index (χ3n) is 3.03. The van der Waals surface area contributed by atoms with Crippen LogP contribution in [0.5, 0.6) is 0 Å². The topological polar surface area (TPSA) is 66.8 Å². The summed E-state index contributed by atoms with van der Waals surface area (Å²) in [5.41, 5.74) is 0. The number of carbonyl (C=O) groups is 2. The lowest BCUT2D eigenvalue weighted by Gasteiger charge is -2.24. The first-order chi connectivity index (χ1) is 7.20. The highest BCUT2D eigenvalue weighted by molar-refractivity contribution is 5.87. The Balaban J connectivity index is 2.02. The van der Waals surface area contributed by atoms with Gasteiger partial charge in [-0.05, 0) is 25.7 Å². The first kappa shape index (κ1) is 10.4. The molecule has 2 saturated heterocycles. The van der Waals surface area contributed by atoms with Crippen LogP contribution in [0.4, 0.5) is 0 Å². The van der Waals surface area contributed by atoms with Gasteiger partial charge in [-0.15, -0.1) is 0 Å². The number of likely N-dealkylation sites (tertiary alicyclic amines) is 1. The standard InChI is InChI=1S/C10H15NO4/c12-9(8-4-2-6-15-8)11-5-1-3-7(11)10(13)14/h7-8H,1-6H2,(H,13,14)/t7-,8?/m1/s1. The molecular weight excluding hydrogens is 198 g/mol. The number of ether oxygens (including phenoxy) is 1. The Labute approximate surface area is 88.0 Å². The summed E-state index contributed by atoms with van der Waals surface area (Å²) in [6, 6.07) is -0.637. The smallest absolute Gasteiger partial charge is 0.326 e. The number of amides is 1. The zero-order chi connectivity index (χ0) is 10.8. The Bertz CT molecular complexity index is 273. The van der Waals surface area contributed by atoms with Crippen molar-refractivity contribution in [3.63, 3.8) is 0 Å². The first-order valence-electron chi connectivity index (χ1n) is 5.35. The molecule has 0 aromatic rings. The third kappa shape index (κ3) is 1.97. The molecule has 84 valence electrons. The fraction of sp³-hybridized carbons (Fsp3) is 0.800. The second-order valence-electron chi connectivity index (χ2n) is 4.03. The van der Waals surface area contributed by atoms with Crippen molar-refractivity contribution in [2.24, 2.45) is 0 Å². The van der Waals surface area contributed by atoms with E-state index >= 15 is 0 Å². The molecule has 0 saturated carbocycles. The molecule has 2 aliphatic heterocycles. The lowest BCUT2D eigenvalue weighted by atomic mass is 10.2. The molecule has 0 aromatic carbocycles. The number of hydrogen-bond donors (Lipinski definition) is 1. The van der Waals surface area contributed by atoms with Gasteiger partial charge < -0.3 is 14.7 Å². The molecule has 5 heteroatoms. The maximum atomic E-state index is 11.9. The SMILES string of the molecule is O=C(O)[C@H]1CCCN1C(=O)C1CCCO1. The number of carboxylic acids is 1. The lowest BCUT2D eigenvalue weighted by molar-refractivity contribution is -0.152. The molecule has 2 atom stereocenters. The van der Waals surface area contributed by atoms with Gasteiger partial charge >= 0.3 is 5.97 Å². The molecule has 15 heavy (non-hydrogen) atoms. The molecule has 1 unspecified atom stereocenters. The van der Waals surface area contributed by atoms with Crippen LogP contribution in [0.3, 0.4) is 0 Å². The molecule has 2 aliphatic rings. The number of hydrogen-bond acceptors (Lipinski definition) is 3. The predicted molar refractivity (Wildman–Crippen MR) is 51.3 cm³/mol. The highest BCUT2D eigenvalue weighted by Crippen LogP contribution is 2.22. The van der Waals surface area contributed by atoms with E-state index < -0.39 is 18.1 Å². The first-order valence-corrected chi connectivity index (χ1v) is 5.35. The van der Waals surface area contributed by atoms with Crippen LogP contribution in [0.25, 0.3) is 0 Å². The largest absolute Gasteiger partial charge is 0.480 e. The second-order valence-corrected chi connectivity index (χ2v) is 4.03. The molecule has 2 heterocycles. The molecular formula is C10H15NO4. The van der Waals surface area contributed by atoms with Gasteiger partial charge in [0.1, 0.15) is 12.1 Å². The number of carboxylic acid groups (broad SMARTS) is 1. The van der Waals surface area contributed by atoms with Crippen molar-refractivity contribution in [3.05, 3.63) is 0 Å². The van der Waals surface area contributed by atoms with Crippen LogP contribution in [0.2, 0.25) is 0 Å². The van der Waals surface area contributed by atoms with Gasteiger partial charge in [0.05, 0.1) is 0 Å². The summed E-state index contributed by atoms with van der Waals surface area (Å²) in [7, 11) is 0. The summed E-state index contributed by atoms with van der Waals surface area (Å²) >= 11 is 0. The van der Waals surface area contributed by atoms with Gasteiger partial charge in [-0.3, -0.25) is 4.79 Å². The van der Waals surface area contributed by atoms with Crippen molar-refractivity contribution < 1.29 is 19.4 Å². The van der Waals surface area contributed by atoms with Crippen LogP contribution in [0, 0.1) is 0 Å². The van der Waals surface area contributed by atoms with E-state index in [-0.39, 0.29) is 5.91 Å². The zero-order valence-corrected chi connectivity index (χ0v) is 8.52. The fourth-order valence-electron chi connectivity index (χ4n) is 2.24. The normalized spacial score (nSPS) is 30.8. The Morgan fingerprint density at radius 1 is 1.27 bits per heavy atom. The van der Waals surface area contributed by atoms with E-state index in [0.717, 1.165) is 19.3 Å². The molecule has 5 nitrogen and oxygen atoms in total. The van der Waals surface area contributed by atoms with E-state index in [1.165, 1.54) is 4.90 Å². The van der Waals surface area contributed by atoms with Gasteiger partial charge in [0.15, 0.2) is 0 Å².